The van der Waals surface area contributed by atoms with Gasteiger partial charge in [0.15, 0.2) is 5.13 Å². The van der Waals surface area contributed by atoms with E-state index in [9.17, 15) is 9.18 Å². The lowest BCUT2D eigenvalue weighted by Crippen LogP contribution is -2.39. The maximum atomic E-state index is 14.3. The molecule has 2 heterocycles. The Hall–Kier alpha value is -3.13. The summed E-state index contributed by atoms with van der Waals surface area (Å²) < 4.78 is 20.5. The van der Waals surface area contributed by atoms with Gasteiger partial charge in [0, 0.05) is 31.7 Å². The van der Waals surface area contributed by atoms with E-state index in [1.807, 2.05) is 48.5 Å². The van der Waals surface area contributed by atoms with E-state index in [1.54, 1.807) is 11.0 Å². The summed E-state index contributed by atoms with van der Waals surface area (Å²) in [5.41, 5.74) is 3.30. The molecule has 1 aromatic heterocycles. The summed E-state index contributed by atoms with van der Waals surface area (Å²) in [7, 11) is 0. The summed E-state index contributed by atoms with van der Waals surface area (Å²) in [6, 6.07) is 23.0. The first kappa shape index (κ1) is 23.6. The molecule has 0 bridgehead atoms. The van der Waals surface area contributed by atoms with E-state index in [-0.39, 0.29) is 11.7 Å². The number of ether oxygens (including phenoxy) is 1. The third kappa shape index (κ3) is 5.75. The summed E-state index contributed by atoms with van der Waals surface area (Å²) >= 11 is 1.35. The monoisotopic (exact) mass is 489 g/mol. The van der Waals surface area contributed by atoms with Gasteiger partial charge in [0.05, 0.1) is 17.9 Å². The fourth-order valence-corrected chi connectivity index (χ4v) is 5.34. The summed E-state index contributed by atoms with van der Waals surface area (Å²) in [5, 5.41) is 0.533. The van der Waals surface area contributed by atoms with Crippen LogP contribution >= 0.6 is 11.3 Å². The van der Waals surface area contributed by atoms with Gasteiger partial charge < -0.3 is 4.74 Å². The Morgan fingerprint density at radius 2 is 1.71 bits per heavy atom. The van der Waals surface area contributed by atoms with Gasteiger partial charge in [-0.2, -0.15) is 0 Å². The lowest BCUT2D eigenvalue weighted by Gasteiger charge is -2.27. The SMILES string of the molecule is O=C(c1ccc(Cc2ccccc2)cc1)N(CCCN1CCOCC1)c1nc2c(F)cccc2s1. The normalized spacial score (nSPS) is 14.3. The topological polar surface area (TPSA) is 45.7 Å². The highest BCUT2D eigenvalue weighted by Crippen LogP contribution is 2.31. The molecule has 0 N–H and O–H groups in total. The maximum Gasteiger partial charge on any atom is 0.260 e. The molecule has 0 unspecified atom stereocenters. The molecule has 0 aliphatic carbocycles. The second kappa shape index (κ2) is 11.1. The second-order valence-corrected chi connectivity index (χ2v) is 9.72. The van der Waals surface area contributed by atoms with Crippen LogP contribution in [0.4, 0.5) is 9.52 Å². The Morgan fingerprint density at radius 1 is 0.971 bits per heavy atom. The zero-order valence-electron chi connectivity index (χ0n) is 19.5. The van der Waals surface area contributed by atoms with Gasteiger partial charge in [-0.15, -0.1) is 0 Å². The molecular weight excluding hydrogens is 461 g/mol. The number of hydrogen-bond donors (Lipinski definition) is 0. The highest BCUT2D eigenvalue weighted by molar-refractivity contribution is 7.22. The minimum atomic E-state index is -0.365. The van der Waals surface area contributed by atoms with E-state index < -0.39 is 0 Å². The van der Waals surface area contributed by atoms with Crippen molar-refractivity contribution in [1.29, 1.82) is 0 Å². The Labute approximate surface area is 208 Å². The third-order valence-electron chi connectivity index (χ3n) is 6.25. The van der Waals surface area contributed by atoms with Crippen LogP contribution in [0.2, 0.25) is 0 Å². The first-order valence-corrected chi connectivity index (χ1v) is 12.8. The number of fused-ring (bicyclic) bond motifs is 1. The largest absolute Gasteiger partial charge is 0.379 e. The highest BCUT2D eigenvalue weighted by Gasteiger charge is 2.22. The number of thiazole rings is 1. The number of halogens is 1. The smallest absolute Gasteiger partial charge is 0.260 e. The number of amides is 1. The van der Waals surface area contributed by atoms with Crippen LogP contribution in [0.15, 0.2) is 72.8 Å². The van der Waals surface area contributed by atoms with Crippen molar-refractivity contribution in [2.45, 2.75) is 12.8 Å². The number of nitrogens with zero attached hydrogens (tertiary/aromatic N) is 3. The van der Waals surface area contributed by atoms with E-state index in [1.165, 1.54) is 23.0 Å². The van der Waals surface area contributed by atoms with Crippen molar-refractivity contribution in [3.05, 3.63) is 95.3 Å². The molecule has 0 spiro atoms. The van der Waals surface area contributed by atoms with E-state index >= 15 is 0 Å². The van der Waals surface area contributed by atoms with Gasteiger partial charge >= 0.3 is 0 Å². The zero-order chi connectivity index (χ0) is 24.0. The quantitative estimate of drug-likeness (QED) is 0.333. The third-order valence-corrected chi connectivity index (χ3v) is 7.29. The van der Waals surface area contributed by atoms with Crippen LogP contribution in [0.25, 0.3) is 10.2 Å². The number of morpholine rings is 1. The summed E-state index contributed by atoms with van der Waals surface area (Å²) in [4.78, 5) is 22.2. The molecule has 1 amide bonds. The molecular formula is C28H28FN3O2S. The summed E-state index contributed by atoms with van der Waals surface area (Å²) in [6.45, 7) is 4.70. The molecule has 7 heteroatoms. The Balaban J connectivity index is 1.35. The van der Waals surface area contributed by atoms with Crippen molar-refractivity contribution in [2.75, 3.05) is 44.3 Å². The van der Waals surface area contributed by atoms with E-state index in [0.717, 1.165) is 56.0 Å². The summed E-state index contributed by atoms with van der Waals surface area (Å²) in [6.07, 6.45) is 1.62. The number of aromatic nitrogens is 1. The fourth-order valence-electron chi connectivity index (χ4n) is 4.33. The van der Waals surface area contributed by atoms with Gasteiger partial charge in [0.1, 0.15) is 11.3 Å². The Bertz CT molecular complexity index is 1270. The Morgan fingerprint density at radius 3 is 2.46 bits per heavy atom. The molecule has 1 fully saturated rings. The molecule has 5 rings (SSSR count). The predicted molar refractivity (Wildman–Crippen MR) is 139 cm³/mol. The molecule has 0 atom stereocenters. The first-order valence-electron chi connectivity index (χ1n) is 12.0. The van der Waals surface area contributed by atoms with Crippen molar-refractivity contribution in [2.24, 2.45) is 0 Å². The van der Waals surface area contributed by atoms with Crippen LogP contribution < -0.4 is 4.90 Å². The van der Waals surface area contributed by atoms with Crippen LogP contribution in [-0.4, -0.2) is 55.2 Å². The average Bonchev–Trinajstić information content (AvgIpc) is 3.33. The zero-order valence-corrected chi connectivity index (χ0v) is 20.3. The van der Waals surface area contributed by atoms with E-state index in [4.69, 9.17) is 4.74 Å². The van der Waals surface area contributed by atoms with Gasteiger partial charge in [-0.25, -0.2) is 9.37 Å². The fraction of sp³-hybridized carbons (Fsp3) is 0.286. The van der Waals surface area contributed by atoms with Crippen molar-refractivity contribution in [3.8, 4) is 0 Å². The lowest BCUT2D eigenvalue weighted by atomic mass is 10.0. The van der Waals surface area contributed by atoms with Crippen molar-refractivity contribution < 1.29 is 13.9 Å². The number of para-hydroxylation sites is 1. The second-order valence-electron chi connectivity index (χ2n) is 8.71. The predicted octanol–water partition coefficient (Wildman–Crippen LogP) is 5.40. The molecule has 1 aliphatic rings. The lowest BCUT2D eigenvalue weighted by molar-refractivity contribution is 0.0376. The molecule has 35 heavy (non-hydrogen) atoms. The number of carbonyl (C=O) groups excluding carboxylic acids is 1. The molecule has 4 aromatic rings. The number of anilines is 1. The number of benzene rings is 3. The van der Waals surface area contributed by atoms with Gasteiger partial charge in [0.2, 0.25) is 0 Å². The van der Waals surface area contributed by atoms with Crippen LogP contribution in [0.3, 0.4) is 0 Å². The standard InChI is InChI=1S/C28H28FN3O2S/c29-24-8-4-9-25-26(24)30-28(35-25)32(15-5-14-31-16-18-34-19-17-31)27(33)23-12-10-22(11-13-23)20-21-6-2-1-3-7-21/h1-4,6-13H,5,14-20H2. The van der Waals surface area contributed by atoms with Gasteiger partial charge in [-0.05, 0) is 48.2 Å². The molecule has 180 valence electrons. The maximum absolute atomic E-state index is 14.3. The molecule has 0 saturated carbocycles. The van der Waals surface area contributed by atoms with Crippen LogP contribution in [0.5, 0.6) is 0 Å². The number of rotatable bonds is 8. The van der Waals surface area contributed by atoms with Crippen LogP contribution in [0, 0.1) is 5.82 Å². The number of carbonyl (C=O) groups is 1. The number of hydrogen-bond acceptors (Lipinski definition) is 5. The molecule has 3 aromatic carbocycles. The van der Waals surface area contributed by atoms with Crippen LogP contribution in [-0.2, 0) is 11.2 Å². The van der Waals surface area contributed by atoms with E-state index in [2.05, 4.69) is 22.0 Å². The van der Waals surface area contributed by atoms with Gasteiger partial charge in [-0.3, -0.25) is 14.6 Å². The van der Waals surface area contributed by atoms with Crippen molar-refractivity contribution in [3.63, 3.8) is 0 Å². The van der Waals surface area contributed by atoms with Crippen molar-refractivity contribution >= 4 is 32.6 Å². The molecule has 5 nitrogen and oxygen atoms in total. The van der Waals surface area contributed by atoms with Crippen molar-refractivity contribution in [1.82, 2.24) is 9.88 Å². The molecule has 1 aliphatic heterocycles. The molecule has 0 radical (unpaired) electrons. The average molecular weight is 490 g/mol. The summed E-state index contributed by atoms with van der Waals surface area (Å²) in [5.74, 6) is -0.478. The van der Waals surface area contributed by atoms with Crippen LogP contribution in [0.1, 0.15) is 27.9 Å². The minimum Gasteiger partial charge on any atom is -0.379 e. The van der Waals surface area contributed by atoms with E-state index in [0.29, 0.717) is 22.8 Å². The first-order chi connectivity index (χ1) is 17.2. The molecule has 1 saturated heterocycles. The van der Waals surface area contributed by atoms with Gasteiger partial charge in [-0.1, -0.05) is 59.9 Å². The highest BCUT2D eigenvalue weighted by atomic mass is 32.1. The van der Waals surface area contributed by atoms with Gasteiger partial charge in [0.25, 0.3) is 5.91 Å². The minimum absolute atomic E-state index is 0.113. The Kier molecular flexibility index (Phi) is 7.47.